The van der Waals surface area contributed by atoms with Gasteiger partial charge >= 0.3 is 5.97 Å². The van der Waals surface area contributed by atoms with Crippen LogP contribution in [-0.2, 0) is 14.4 Å². The molecule has 0 radical (unpaired) electrons. The molecule has 2 atom stereocenters. The molecule has 1 aliphatic heterocycles. The van der Waals surface area contributed by atoms with Crippen LogP contribution in [0.2, 0.25) is 0 Å². The molecule has 7 heteroatoms. The molecular weight excluding hydrogens is 196 g/mol. The first-order chi connectivity index (χ1) is 5.95. The standard InChI is InChI=1S/C6H8N2O4S/c1-2(9)3(6(11)12)8-5(10)4(7)13-8/h3-4H,7H2,1H3,(H,11,12). The predicted molar refractivity (Wildman–Crippen MR) is 44.5 cm³/mol. The zero-order chi connectivity index (χ0) is 10.2. The lowest BCUT2D eigenvalue weighted by Crippen LogP contribution is -2.58. The molecule has 1 saturated heterocycles. The minimum Gasteiger partial charge on any atom is -0.479 e. The lowest BCUT2D eigenvalue weighted by atomic mass is 10.2. The summed E-state index contributed by atoms with van der Waals surface area (Å²) in [4.78, 5) is 32.4. The van der Waals surface area contributed by atoms with Crippen molar-refractivity contribution in [3.63, 3.8) is 0 Å². The van der Waals surface area contributed by atoms with Gasteiger partial charge in [-0.25, -0.2) is 4.79 Å². The van der Waals surface area contributed by atoms with Gasteiger partial charge in [-0.15, -0.1) is 0 Å². The van der Waals surface area contributed by atoms with Crippen molar-refractivity contribution >= 4 is 29.6 Å². The van der Waals surface area contributed by atoms with Gasteiger partial charge in [-0.3, -0.25) is 13.9 Å². The second-order valence-corrected chi connectivity index (χ2v) is 3.65. The highest BCUT2D eigenvalue weighted by Crippen LogP contribution is 2.30. The van der Waals surface area contributed by atoms with E-state index in [-0.39, 0.29) is 0 Å². The fourth-order valence-electron chi connectivity index (χ4n) is 0.923. The van der Waals surface area contributed by atoms with Gasteiger partial charge in [-0.05, 0) is 18.9 Å². The topological polar surface area (TPSA) is 101 Å². The van der Waals surface area contributed by atoms with Crippen molar-refractivity contribution in [3.05, 3.63) is 0 Å². The van der Waals surface area contributed by atoms with Crippen LogP contribution in [0.5, 0.6) is 0 Å². The van der Waals surface area contributed by atoms with Gasteiger partial charge in [-0.2, -0.15) is 0 Å². The maximum atomic E-state index is 11.0. The van der Waals surface area contributed by atoms with E-state index in [1.54, 1.807) is 0 Å². The molecule has 0 spiro atoms. The number of Topliss-reactive ketones (excluding diaryl/α,β-unsaturated/α-hetero) is 1. The Labute approximate surface area is 78.2 Å². The van der Waals surface area contributed by atoms with Crippen LogP contribution in [0, 0.1) is 0 Å². The minimum atomic E-state index is -1.41. The number of carboxylic acid groups (broad SMARTS) is 1. The summed E-state index contributed by atoms with van der Waals surface area (Å²) >= 11 is 0.861. The second-order valence-electron chi connectivity index (χ2n) is 2.54. The Balaban J connectivity index is 2.74. The van der Waals surface area contributed by atoms with Crippen LogP contribution in [0.25, 0.3) is 0 Å². The Morgan fingerprint density at radius 3 is 2.46 bits per heavy atom. The van der Waals surface area contributed by atoms with E-state index < -0.39 is 29.1 Å². The van der Waals surface area contributed by atoms with E-state index in [1.807, 2.05) is 0 Å². The smallest absolute Gasteiger partial charge is 0.335 e. The highest BCUT2D eigenvalue weighted by molar-refractivity contribution is 8.01. The van der Waals surface area contributed by atoms with Crippen molar-refractivity contribution in [1.29, 1.82) is 0 Å². The molecular formula is C6H8N2O4S. The van der Waals surface area contributed by atoms with Crippen LogP contribution in [0.4, 0.5) is 0 Å². The number of amides is 1. The van der Waals surface area contributed by atoms with Crippen molar-refractivity contribution in [2.45, 2.75) is 18.3 Å². The fraction of sp³-hybridized carbons (Fsp3) is 0.500. The molecule has 13 heavy (non-hydrogen) atoms. The van der Waals surface area contributed by atoms with Gasteiger partial charge in [0.25, 0.3) is 5.91 Å². The number of carbonyl (C=O) groups is 3. The average molecular weight is 204 g/mol. The van der Waals surface area contributed by atoms with E-state index in [1.165, 1.54) is 0 Å². The number of ketones is 1. The summed E-state index contributed by atoms with van der Waals surface area (Å²) < 4.78 is 0.884. The number of hydrogen-bond acceptors (Lipinski definition) is 5. The molecule has 0 bridgehead atoms. The lowest BCUT2D eigenvalue weighted by Gasteiger charge is -2.36. The largest absolute Gasteiger partial charge is 0.479 e. The molecule has 0 saturated carbocycles. The molecule has 3 N–H and O–H groups in total. The van der Waals surface area contributed by atoms with E-state index >= 15 is 0 Å². The SMILES string of the molecule is CC(=O)C(C(=O)O)N1SC(N)C1=O. The molecule has 1 aliphatic rings. The van der Waals surface area contributed by atoms with E-state index in [2.05, 4.69) is 0 Å². The molecule has 1 rings (SSSR count). The number of carbonyl (C=O) groups excluding carboxylic acids is 2. The van der Waals surface area contributed by atoms with Crippen molar-refractivity contribution < 1.29 is 19.5 Å². The Morgan fingerprint density at radius 2 is 2.23 bits per heavy atom. The normalized spacial score (nSPS) is 23.7. The second kappa shape index (κ2) is 3.35. The first kappa shape index (κ1) is 10.0. The Bertz CT molecular complexity index is 266. The van der Waals surface area contributed by atoms with E-state index in [9.17, 15) is 14.4 Å². The lowest BCUT2D eigenvalue weighted by molar-refractivity contribution is -0.150. The molecule has 1 fully saturated rings. The monoisotopic (exact) mass is 204 g/mol. The van der Waals surface area contributed by atoms with Gasteiger partial charge in [0, 0.05) is 0 Å². The molecule has 1 heterocycles. The first-order valence-electron chi connectivity index (χ1n) is 3.44. The summed E-state index contributed by atoms with van der Waals surface area (Å²) in [7, 11) is 0. The number of carboxylic acids is 1. The number of rotatable bonds is 3. The highest BCUT2D eigenvalue weighted by atomic mass is 32.2. The van der Waals surface area contributed by atoms with Crippen LogP contribution in [0.1, 0.15) is 6.92 Å². The van der Waals surface area contributed by atoms with Gasteiger partial charge in [0.1, 0.15) is 0 Å². The van der Waals surface area contributed by atoms with Crippen molar-refractivity contribution in [3.8, 4) is 0 Å². The van der Waals surface area contributed by atoms with Gasteiger partial charge in [0.05, 0.1) is 0 Å². The summed E-state index contributed by atoms with van der Waals surface area (Å²) in [6, 6.07) is -1.41. The average Bonchev–Trinajstić information content (AvgIpc) is 2.02. The van der Waals surface area contributed by atoms with Crippen molar-refractivity contribution in [1.82, 2.24) is 4.31 Å². The van der Waals surface area contributed by atoms with Crippen LogP contribution in [-0.4, -0.2) is 38.5 Å². The summed E-state index contributed by atoms with van der Waals surface area (Å²) in [6.07, 6.45) is 0. The number of aliphatic carboxylic acids is 1. The predicted octanol–water partition coefficient (Wildman–Crippen LogP) is -1.20. The zero-order valence-corrected chi connectivity index (χ0v) is 7.58. The van der Waals surface area contributed by atoms with Gasteiger partial charge in [0.2, 0.25) is 0 Å². The van der Waals surface area contributed by atoms with Crippen LogP contribution in [0.15, 0.2) is 0 Å². The summed E-state index contributed by atoms with van der Waals surface area (Å²) in [5.41, 5.74) is 5.22. The van der Waals surface area contributed by atoms with Crippen LogP contribution in [0.3, 0.4) is 0 Å². The van der Waals surface area contributed by atoms with Crippen LogP contribution >= 0.6 is 11.9 Å². The third-order valence-corrected chi connectivity index (χ3v) is 2.59. The Morgan fingerprint density at radius 1 is 1.69 bits per heavy atom. The molecule has 6 nitrogen and oxygen atoms in total. The van der Waals surface area contributed by atoms with Gasteiger partial charge < -0.3 is 10.8 Å². The Kier molecular flexibility index (Phi) is 2.58. The number of hydrogen-bond donors (Lipinski definition) is 2. The highest BCUT2D eigenvalue weighted by Gasteiger charge is 2.45. The van der Waals surface area contributed by atoms with Gasteiger partial charge in [0.15, 0.2) is 17.2 Å². The molecule has 0 aliphatic carbocycles. The van der Waals surface area contributed by atoms with Gasteiger partial charge in [-0.1, -0.05) is 0 Å². The molecule has 2 unspecified atom stereocenters. The van der Waals surface area contributed by atoms with Crippen molar-refractivity contribution in [2.75, 3.05) is 0 Å². The maximum absolute atomic E-state index is 11.0. The molecule has 0 aromatic heterocycles. The molecule has 1 amide bonds. The summed E-state index contributed by atoms with van der Waals surface area (Å²) in [5, 5.41) is 7.88. The third kappa shape index (κ3) is 1.65. The maximum Gasteiger partial charge on any atom is 0.335 e. The minimum absolute atomic E-state index is 0.521. The zero-order valence-electron chi connectivity index (χ0n) is 6.76. The molecule has 72 valence electrons. The summed E-state index contributed by atoms with van der Waals surface area (Å²) in [5.74, 6) is -2.44. The molecule has 0 aromatic rings. The summed E-state index contributed by atoms with van der Waals surface area (Å²) in [6.45, 7) is 1.12. The fourth-order valence-corrected chi connectivity index (χ4v) is 1.79. The van der Waals surface area contributed by atoms with Crippen molar-refractivity contribution in [2.24, 2.45) is 5.73 Å². The number of nitrogens with zero attached hydrogens (tertiary/aromatic N) is 1. The number of nitrogens with two attached hydrogens (primary N) is 1. The van der Waals surface area contributed by atoms with E-state index in [0.29, 0.717) is 0 Å². The molecule has 0 aromatic carbocycles. The van der Waals surface area contributed by atoms with E-state index in [4.69, 9.17) is 10.8 Å². The quantitative estimate of drug-likeness (QED) is 0.442. The third-order valence-electron chi connectivity index (χ3n) is 1.54. The van der Waals surface area contributed by atoms with Crippen LogP contribution < -0.4 is 5.73 Å². The van der Waals surface area contributed by atoms with E-state index in [0.717, 1.165) is 23.2 Å². The Hall–Kier alpha value is -1.08. The first-order valence-corrected chi connectivity index (χ1v) is 4.27.